The normalized spacial score (nSPS) is 23.2. The van der Waals surface area contributed by atoms with E-state index in [2.05, 4.69) is 4.98 Å². The summed E-state index contributed by atoms with van der Waals surface area (Å²) in [5, 5.41) is 8.88. The minimum absolute atomic E-state index is 0.360. The number of aryl methyl sites for hydroxylation is 1. The van der Waals surface area contributed by atoms with E-state index in [1.807, 2.05) is 0 Å². The molecule has 2 atom stereocenters. The molecular weight excluding hydrogens is 243 g/mol. The molecule has 2 rings (SSSR count). The lowest BCUT2D eigenvalue weighted by Crippen LogP contribution is -2.34. The molecule has 0 aromatic carbocycles. The van der Waals surface area contributed by atoms with Gasteiger partial charge in [-0.2, -0.15) is 0 Å². The summed E-state index contributed by atoms with van der Waals surface area (Å²) in [6.07, 6.45) is 0.792. The van der Waals surface area contributed by atoms with Gasteiger partial charge < -0.3 is 9.84 Å². The SMILES string of the molecule is CCc1cn([C@@H]2O[C@H](CO)C=C2F)c(=O)[nH]c1=O. The van der Waals surface area contributed by atoms with Crippen LogP contribution in [0.4, 0.5) is 4.39 Å². The van der Waals surface area contributed by atoms with Crippen LogP contribution in [-0.2, 0) is 11.2 Å². The third kappa shape index (κ3) is 2.14. The van der Waals surface area contributed by atoms with E-state index < -0.39 is 29.4 Å². The largest absolute Gasteiger partial charge is 0.393 e. The zero-order valence-electron chi connectivity index (χ0n) is 9.72. The molecule has 0 amide bonds. The molecule has 0 saturated heterocycles. The number of H-pyrrole nitrogens is 1. The van der Waals surface area contributed by atoms with Crippen molar-refractivity contribution in [1.29, 1.82) is 0 Å². The van der Waals surface area contributed by atoms with Crippen molar-refractivity contribution in [1.82, 2.24) is 9.55 Å². The average molecular weight is 256 g/mol. The van der Waals surface area contributed by atoms with Crippen LogP contribution < -0.4 is 11.2 Å². The minimum Gasteiger partial charge on any atom is -0.393 e. The van der Waals surface area contributed by atoms with Crippen molar-refractivity contribution in [3.05, 3.63) is 44.5 Å². The van der Waals surface area contributed by atoms with E-state index in [0.717, 1.165) is 10.6 Å². The smallest absolute Gasteiger partial charge is 0.330 e. The van der Waals surface area contributed by atoms with Gasteiger partial charge in [-0.25, -0.2) is 9.18 Å². The molecule has 0 radical (unpaired) electrons. The zero-order chi connectivity index (χ0) is 13.3. The fourth-order valence-corrected chi connectivity index (χ4v) is 1.78. The Morgan fingerprint density at radius 3 is 2.83 bits per heavy atom. The predicted molar refractivity (Wildman–Crippen MR) is 60.9 cm³/mol. The van der Waals surface area contributed by atoms with Crippen molar-refractivity contribution in [3.63, 3.8) is 0 Å². The maximum Gasteiger partial charge on any atom is 0.330 e. The number of aliphatic hydroxyl groups is 1. The number of nitrogens with zero attached hydrogens (tertiary/aromatic N) is 1. The second kappa shape index (κ2) is 4.87. The molecule has 1 aliphatic rings. The van der Waals surface area contributed by atoms with Gasteiger partial charge in [-0.3, -0.25) is 14.3 Å². The summed E-state index contributed by atoms with van der Waals surface area (Å²) in [6.45, 7) is 1.38. The standard InChI is InChI=1S/C11H13FN2O4/c1-2-6-4-14(11(17)13-9(6)16)10-8(12)3-7(5-15)18-10/h3-4,7,10,15H,2,5H2,1H3,(H,13,16,17)/t7-,10+/m0/s1. The lowest BCUT2D eigenvalue weighted by Gasteiger charge is -2.15. The van der Waals surface area contributed by atoms with E-state index in [1.54, 1.807) is 6.92 Å². The van der Waals surface area contributed by atoms with Crippen LogP contribution >= 0.6 is 0 Å². The lowest BCUT2D eigenvalue weighted by molar-refractivity contribution is -0.0216. The van der Waals surface area contributed by atoms with Crippen molar-refractivity contribution in [2.24, 2.45) is 0 Å². The maximum atomic E-state index is 13.6. The van der Waals surface area contributed by atoms with Crippen molar-refractivity contribution in [3.8, 4) is 0 Å². The van der Waals surface area contributed by atoms with Crippen LogP contribution in [0.3, 0.4) is 0 Å². The van der Waals surface area contributed by atoms with Crippen LogP contribution in [0, 0.1) is 0 Å². The Morgan fingerprint density at radius 2 is 2.28 bits per heavy atom. The van der Waals surface area contributed by atoms with E-state index in [4.69, 9.17) is 9.84 Å². The number of hydrogen-bond donors (Lipinski definition) is 2. The highest BCUT2D eigenvalue weighted by Crippen LogP contribution is 2.28. The highest BCUT2D eigenvalue weighted by atomic mass is 19.1. The molecule has 6 nitrogen and oxygen atoms in total. The quantitative estimate of drug-likeness (QED) is 0.787. The number of aromatic amines is 1. The van der Waals surface area contributed by atoms with Gasteiger partial charge in [0, 0.05) is 11.8 Å². The predicted octanol–water partition coefficient (Wildman–Crippen LogP) is -0.158. The molecular formula is C11H13FN2O4. The molecule has 0 saturated carbocycles. The van der Waals surface area contributed by atoms with E-state index in [9.17, 15) is 14.0 Å². The third-order valence-corrected chi connectivity index (χ3v) is 2.74. The van der Waals surface area contributed by atoms with Gasteiger partial charge in [0.1, 0.15) is 11.9 Å². The van der Waals surface area contributed by atoms with Gasteiger partial charge >= 0.3 is 5.69 Å². The van der Waals surface area contributed by atoms with Gasteiger partial charge in [0.05, 0.1) is 6.61 Å². The van der Waals surface area contributed by atoms with E-state index >= 15 is 0 Å². The van der Waals surface area contributed by atoms with Crippen molar-refractivity contribution >= 4 is 0 Å². The first-order valence-electron chi connectivity index (χ1n) is 5.54. The van der Waals surface area contributed by atoms with E-state index in [1.165, 1.54) is 6.20 Å². The monoisotopic (exact) mass is 256 g/mol. The number of ether oxygens (including phenoxy) is 1. The fraction of sp³-hybridized carbons (Fsp3) is 0.455. The Kier molecular flexibility index (Phi) is 3.44. The van der Waals surface area contributed by atoms with Gasteiger partial charge in [0.25, 0.3) is 5.56 Å². The van der Waals surface area contributed by atoms with Gasteiger partial charge in [0.2, 0.25) is 0 Å². The number of nitrogens with one attached hydrogen (secondary N) is 1. The van der Waals surface area contributed by atoms with Crippen LogP contribution in [0.2, 0.25) is 0 Å². The zero-order valence-corrected chi connectivity index (χ0v) is 9.72. The molecule has 0 unspecified atom stereocenters. The summed E-state index contributed by atoms with van der Waals surface area (Å²) in [7, 11) is 0. The molecule has 2 heterocycles. The molecule has 1 aromatic heterocycles. The summed E-state index contributed by atoms with van der Waals surface area (Å²) in [5.74, 6) is -0.662. The molecule has 7 heteroatoms. The number of hydrogen-bond acceptors (Lipinski definition) is 4. The van der Waals surface area contributed by atoms with Crippen LogP contribution in [0.5, 0.6) is 0 Å². The molecule has 1 aromatic rings. The number of aliphatic hydroxyl groups excluding tert-OH is 1. The molecule has 98 valence electrons. The molecule has 0 spiro atoms. The van der Waals surface area contributed by atoms with Gasteiger partial charge in [-0.05, 0) is 12.5 Å². The summed E-state index contributed by atoms with van der Waals surface area (Å²) < 4.78 is 19.7. The number of halogens is 1. The highest BCUT2D eigenvalue weighted by Gasteiger charge is 2.29. The van der Waals surface area contributed by atoms with Gasteiger partial charge in [-0.1, -0.05) is 6.92 Å². The molecule has 18 heavy (non-hydrogen) atoms. The van der Waals surface area contributed by atoms with Gasteiger partial charge in [0.15, 0.2) is 6.23 Å². The Morgan fingerprint density at radius 1 is 1.56 bits per heavy atom. The maximum absolute atomic E-state index is 13.6. The van der Waals surface area contributed by atoms with E-state index in [0.29, 0.717) is 12.0 Å². The Bertz CT molecular complexity index is 589. The number of aromatic nitrogens is 2. The second-order valence-corrected chi connectivity index (χ2v) is 3.94. The lowest BCUT2D eigenvalue weighted by atomic mass is 10.2. The summed E-state index contributed by atoms with van der Waals surface area (Å²) in [6, 6.07) is 0. The van der Waals surface area contributed by atoms with Crippen molar-refractivity contribution < 1.29 is 14.2 Å². The highest BCUT2D eigenvalue weighted by molar-refractivity contribution is 5.11. The Labute approximate surface area is 101 Å². The molecule has 2 N–H and O–H groups in total. The van der Waals surface area contributed by atoms with Crippen LogP contribution in [-0.4, -0.2) is 27.4 Å². The molecule has 0 fully saturated rings. The summed E-state index contributed by atoms with van der Waals surface area (Å²) >= 11 is 0. The fourth-order valence-electron chi connectivity index (χ4n) is 1.78. The van der Waals surface area contributed by atoms with Crippen molar-refractivity contribution in [2.45, 2.75) is 25.7 Å². The van der Waals surface area contributed by atoms with E-state index in [-0.39, 0.29) is 6.61 Å². The van der Waals surface area contributed by atoms with Crippen LogP contribution in [0.25, 0.3) is 0 Å². The first-order valence-corrected chi connectivity index (χ1v) is 5.54. The number of rotatable bonds is 3. The molecule has 0 bridgehead atoms. The summed E-state index contributed by atoms with van der Waals surface area (Å²) in [5.41, 5.74) is -0.873. The Balaban J connectivity index is 2.44. The van der Waals surface area contributed by atoms with Gasteiger partial charge in [-0.15, -0.1) is 0 Å². The third-order valence-electron chi connectivity index (χ3n) is 2.74. The van der Waals surface area contributed by atoms with Crippen molar-refractivity contribution in [2.75, 3.05) is 6.61 Å². The Hall–Kier alpha value is -1.73. The van der Waals surface area contributed by atoms with Crippen LogP contribution in [0.1, 0.15) is 18.7 Å². The second-order valence-electron chi connectivity index (χ2n) is 3.94. The molecule has 0 aliphatic carbocycles. The summed E-state index contributed by atoms with van der Waals surface area (Å²) in [4.78, 5) is 25.1. The average Bonchev–Trinajstić information content (AvgIpc) is 2.71. The van der Waals surface area contributed by atoms with Crippen LogP contribution in [0.15, 0.2) is 27.7 Å². The first kappa shape index (κ1) is 12.7. The molecule has 1 aliphatic heterocycles. The first-order chi connectivity index (χ1) is 8.56. The minimum atomic E-state index is -1.23. The topological polar surface area (TPSA) is 84.3 Å².